The number of nitrogens with one attached hydrogen (secondary N) is 1. The predicted molar refractivity (Wildman–Crippen MR) is 160 cm³/mol. The number of carbonyl (C=O) groups is 2. The van der Waals surface area contributed by atoms with Crippen molar-refractivity contribution < 1.29 is 9.59 Å². The lowest BCUT2D eigenvalue weighted by Gasteiger charge is -2.37. The average molecular weight is 536 g/mol. The van der Waals surface area contributed by atoms with Gasteiger partial charge in [0.2, 0.25) is 5.91 Å². The van der Waals surface area contributed by atoms with Gasteiger partial charge in [0, 0.05) is 49.6 Å². The normalized spacial score (nSPS) is 17.9. The third kappa shape index (κ3) is 4.96. The van der Waals surface area contributed by atoms with Crippen molar-refractivity contribution in [3.63, 3.8) is 0 Å². The number of likely N-dealkylation sites (tertiary alicyclic amines) is 1. The molecule has 0 spiro atoms. The minimum absolute atomic E-state index is 0.147. The van der Waals surface area contributed by atoms with Gasteiger partial charge in [-0.1, -0.05) is 80.1 Å². The molecule has 0 unspecified atom stereocenters. The second-order valence-corrected chi connectivity index (χ2v) is 11.8. The second-order valence-electron chi connectivity index (χ2n) is 11.8. The van der Waals surface area contributed by atoms with Crippen LogP contribution in [0, 0.1) is 0 Å². The van der Waals surface area contributed by atoms with E-state index in [4.69, 9.17) is 0 Å². The van der Waals surface area contributed by atoms with Crippen molar-refractivity contribution in [2.24, 2.45) is 0 Å². The van der Waals surface area contributed by atoms with Gasteiger partial charge in [-0.15, -0.1) is 0 Å². The third-order valence-corrected chi connectivity index (χ3v) is 9.39. The molecule has 0 radical (unpaired) electrons. The molecule has 2 amide bonds. The Balaban J connectivity index is 1.08. The van der Waals surface area contributed by atoms with Crippen LogP contribution in [0.3, 0.4) is 0 Å². The Morgan fingerprint density at radius 2 is 1.50 bits per heavy atom. The number of piperidine rings is 1. The molecule has 3 aromatic carbocycles. The number of unbranched alkanes of at least 4 members (excludes halogenated alkanes) is 1. The number of hydrogen-bond donors (Lipinski definition) is 1. The molecule has 1 saturated heterocycles. The fraction of sp³-hybridized carbons (Fsp3) is 0.429. The van der Waals surface area contributed by atoms with E-state index in [1.807, 2.05) is 18.2 Å². The molecule has 5 nitrogen and oxygen atoms in total. The quantitative estimate of drug-likeness (QED) is 0.316. The van der Waals surface area contributed by atoms with Gasteiger partial charge in [0.05, 0.1) is 0 Å². The largest absolute Gasteiger partial charge is 0.356 e. The number of fused-ring (bicyclic) bond motifs is 4. The SMILES string of the molecule is CCCNC(=O)CC1(CCCCN2CCC(N3Cc4ccccc4C3=O)CC2)c2ccccc2-c2ccccc21. The van der Waals surface area contributed by atoms with E-state index >= 15 is 0 Å². The smallest absolute Gasteiger partial charge is 0.254 e. The first-order valence-electron chi connectivity index (χ1n) is 15.2. The first-order valence-corrected chi connectivity index (χ1v) is 15.2. The van der Waals surface area contributed by atoms with E-state index in [9.17, 15) is 9.59 Å². The molecule has 0 atom stereocenters. The van der Waals surface area contributed by atoms with Gasteiger partial charge in [0.25, 0.3) is 5.91 Å². The van der Waals surface area contributed by atoms with Gasteiger partial charge in [-0.2, -0.15) is 0 Å². The highest BCUT2D eigenvalue weighted by molar-refractivity contribution is 5.98. The molecular weight excluding hydrogens is 494 g/mol. The van der Waals surface area contributed by atoms with Crippen molar-refractivity contribution >= 4 is 11.8 Å². The fourth-order valence-electron chi connectivity index (χ4n) is 7.35. The summed E-state index contributed by atoms with van der Waals surface area (Å²) >= 11 is 0. The predicted octanol–water partition coefficient (Wildman–Crippen LogP) is 6.16. The van der Waals surface area contributed by atoms with Crippen LogP contribution in [0.5, 0.6) is 0 Å². The van der Waals surface area contributed by atoms with E-state index in [0.29, 0.717) is 12.5 Å². The van der Waals surface area contributed by atoms with Crippen LogP contribution in [0.15, 0.2) is 72.8 Å². The molecule has 2 aliphatic heterocycles. The molecule has 1 N–H and O–H groups in total. The molecule has 3 aliphatic rings. The number of amides is 2. The Bertz CT molecular complexity index is 1330. The lowest BCUT2D eigenvalue weighted by Crippen LogP contribution is -2.45. The van der Waals surface area contributed by atoms with Gasteiger partial charge < -0.3 is 15.1 Å². The molecule has 2 heterocycles. The first-order chi connectivity index (χ1) is 19.6. The summed E-state index contributed by atoms with van der Waals surface area (Å²) in [5, 5.41) is 3.15. The zero-order valence-corrected chi connectivity index (χ0v) is 23.7. The summed E-state index contributed by atoms with van der Waals surface area (Å²) in [5.41, 5.74) is 6.95. The number of rotatable bonds is 10. The summed E-state index contributed by atoms with van der Waals surface area (Å²) in [6, 6.07) is 25.8. The van der Waals surface area contributed by atoms with Gasteiger partial charge in [-0.05, 0) is 72.5 Å². The summed E-state index contributed by atoms with van der Waals surface area (Å²) in [6.45, 7) is 6.74. The number of benzene rings is 3. The second kappa shape index (κ2) is 11.6. The minimum atomic E-state index is -0.275. The highest BCUT2D eigenvalue weighted by atomic mass is 16.2. The van der Waals surface area contributed by atoms with Crippen LogP contribution in [0.2, 0.25) is 0 Å². The van der Waals surface area contributed by atoms with Gasteiger partial charge in [0.1, 0.15) is 0 Å². The molecule has 1 fully saturated rings. The number of carbonyl (C=O) groups excluding carboxylic acids is 2. The van der Waals surface area contributed by atoms with Crippen molar-refractivity contribution in [3.8, 4) is 11.1 Å². The van der Waals surface area contributed by atoms with E-state index in [2.05, 4.69) is 76.6 Å². The van der Waals surface area contributed by atoms with Gasteiger partial charge in [-0.25, -0.2) is 0 Å². The van der Waals surface area contributed by atoms with Crippen LogP contribution in [0.25, 0.3) is 11.1 Å². The van der Waals surface area contributed by atoms with Crippen LogP contribution >= 0.6 is 0 Å². The fourth-order valence-corrected chi connectivity index (χ4v) is 7.35. The Labute approximate surface area is 238 Å². The minimum Gasteiger partial charge on any atom is -0.356 e. The van der Waals surface area contributed by atoms with Crippen LogP contribution < -0.4 is 5.32 Å². The van der Waals surface area contributed by atoms with Crippen molar-refractivity contribution in [3.05, 3.63) is 95.1 Å². The highest BCUT2D eigenvalue weighted by Crippen LogP contribution is 2.53. The van der Waals surface area contributed by atoms with Crippen LogP contribution in [-0.2, 0) is 16.8 Å². The van der Waals surface area contributed by atoms with E-state index in [0.717, 1.165) is 76.8 Å². The van der Waals surface area contributed by atoms with Crippen LogP contribution in [0.1, 0.15) is 78.9 Å². The molecule has 5 heteroatoms. The maximum absolute atomic E-state index is 13.2. The standard InChI is InChI=1S/C35H41N3O2/c1-2-20-36-33(39)24-35(31-15-7-5-13-29(31)30-14-6-8-16-32(30)35)19-9-10-21-37-22-17-27(18-23-37)38-25-26-11-3-4-12-28(26)34(38)40/h3-8,11-16,27H,2,9-10,17-25H2,1H3,(H,36,39). The molecule has 3 aromatic rings. The Morgan fingerprint density at radius 3 is 2.15 bits per heavy atom. The summed E-state index contributed by atoms with van der Waals surface area (Å²) in [6.07, 6.45) is 6.69. The molecule has 40 heavy (non-hydrogen) atoms. The van der Waals surface area contributed by atoms with Gasteiger partial charge in [0.15, 0.2) is 0 Å². The maximum atomic E-state index is 13.2. The summed E-state index contributed by atoms with van der Waals surface area (Å²) in [7, 11) is 0. The van der Waals surface area contributed by atoms with Gasteiger partial charge >= 0.3 is 0 Å². The Hall–Kier alpha value is -3.44. The number of hydrogen-bond acceptors (Lipinski definition) is 3. The molecule has 0 aromatic heterocycles. The molecule has 6 rings (SSSR count). The van der Waals surface area contributed by atoms with Gasteiger partial charge in [-0.3, -0.25) is 9.59 Å². The molecule has 0 saturated carbocycles. The zero-order chi connectivity index (χ0) is 27.5. The summed E-state index contributed by atoms with van der Waals surface area (Å²) in [4.78, 5) is 30.8. The monoisotopic (exact) mass is 535 g/mol. The molecule has 208 valence electrons. The van der Waals surface area contributed by atoms with Crippen molar-refractivity contribution in [1.82, 2.24) is 15.1 Å². The van der Waals surface area contributed by atoms with Crippen molar-refractivity contribution in [1.29, 1.82) is 0 Å². The van der Waals surface area contributed by atoms with Crippen molar-refractivity contribution in [2.45, 2.75) is 69.9 Å². The van der Waals surface area contributed by atoms with Crippen molar-refractivity contribution in [2.75, 3.05) is 26.2 Å². The number of nitrogens with zero attached hydrogens (tertiary/aromatic N) is 2. The summed E-state index contributed by atoms with van der Waals surface area (Å²) < 4.78 is 0. The molecular formula is C35H41N3O2. The molecule has 1 aliphatic carbocycles. The Kier molecular flexibility index (Phi) is 7.75. The molecule has 0 bridgehead atoms. The zero-order valence-electron chi connectivity index (χ0n) is 23.7. The van der Waals surface area contributed by atoms with E-state index in [1.54, 1.807) is 0 Å². The Morgan fingerprint density at radius 1 is 0.875 bits per heavy atom. The van der Waals surface area contributed by atoms with E-state index in [-0.39, 0.29) is 17.2 Å². The summed E-state index contributed by atoms with van der Waals surface area (Å²) in [5.74, 6) is 0.355. The maximum Gasteiger partial charge on any atom is 0.254 e. The lowest BCUT2D eigenvalue weighted by molar-refractivity contribution is -0.122. The average Bonchev–Trinajstić information content (AvgIpc) is 3.47. The van der Waals surface area contributed by atoms with E-state index < -0.39 is 0 Å². The third-order valence-electron chi connectivity index (χ3n) is 9.39. The van der Waals surface area contributed by atoms with E-state index in [1.165, 1.54) is 27.8 Å². The van der Waals surface area contributed by atoms with Crippen LogP contribution in [0.4, 0.5) is 0 Å². The topological polar surface area (TPSA) is 52.7 Å². The van der Waals surface area contributed by atoms with Crippen LogP contribution in [-0.4, -0.2) is 53.8 Å². The lowest BCUT2D eigenvalue weighted by atomic mass is 9.71. The highest BCUT2D eigenvalue weighted by Gasteiger charge is 2.44. The first kappa shape index (κ1) is 26.8.